The highest BCUT2D eigenvalue weighted by molar-refractivity contribution is 6.30. The molecule has 2 aromatic carbocycles. The topological polar surface area (TPSA) is 62.8 Å². The molecule has 2 aromatic rings. The molecule has 6 nitrogen and oxygen atoms in total. The van der Waals surface area contributed by atoms with Gasteiger partial charge in [-0.2, -0.15) is 0 Å². The third-order valence-electron chi connectivity index (χ3n) is 4.26. The van der Waals surface area contributed by atoms with Crippen LogP contribution >= 0.6 is 11.6 Å². The van der Waals surface area contributed by atoms with Crippen molar-refractivity contribution >= 4 is 29.5 Å². The van der Waals surface area contributed by atoms with Crippen LogP contribution in [0.1, 0.15) is 18.1 Å². The minimum atomic E-state index is -0.493. The van der Waals surface area contributed by atoms with Gasteiger partial charge in [0.05, 0.1) is 31.7 Å². The minimum Gasteiger partial charge on any atom is -0.497 e. The summed E-state index contributed by atoms with van der Waals surface area (Å²) in [6.07, 6.45) is 7.21. The molecule has 30 heavy (non-hydrogen) atoms. The molecule has 0 aromatic heterocycles. The van der Waals surface area contributed by atoms with E-state index < -0.39 is 6.09 Å². The zero-order valence-corrected chi connectivity index (χ0v) is 17.6. The molecule has 2 N–H and O–H groups in total. The fourth-order valence-electron chi connectivity index (χ4n) is 2.83. The number of methoxy groups -OCH3 is 1. The maximum atomic E-state index is 11.9. The largest absolute Gasteiger partial charge is 0.497 e. The van der Waals surface area contributed by atoms with Gasteiger partial charge in [-0.1, -0.05) is 35.9 Å². The number of rotatable bonds is 7. The summed E-state index contributed by atoms with van der Waals surface area (Å²) in [5, 5.41) is 5.35. The van der Waals surface area contributed by atoms with Crippen LogP contribution in [0.15, 0.2) is 72.6 Å². The molecule has 1 amide bonds. The van der Waals surface area contributed by atoms with E-state index in [9.17, 15) is 4.79 Å². The Morgan fingerprint density at radius 2 is 1.90 bits per heavy atom. The molecule has 0 saturated heterocycles. The lowest BCUT2D eigenvalue weighted by atomic mass is 10.1. The van der Waals surface area contributed by atoms with Crippen LogP contribution in [0.5, 0.6) is 5.75 Å². The Hall–Kier alpha value is -3.38. The number of ether oxygens (including phenoxy) is 2. The summed E-state index contributed by atoms with van der Waals surface area (Å²) in [6, 6.07) is 15.3. The lowest BCUT2D eigenvalue weighted by Crippen LogP contribution is -2.37. The number of nitrogens with one attached hydrogen (secondary N) is 2. The van der Waals surface area contributed by atoms with Gasteiger partial charge in [0.2, 0.25) is 0 Å². The van der Waals surface area contributed by atoms with Gasteiger partial charge in [0, 0.05) is 11.2 Å². The monoisotopic (exact) mass is 425 g/mol. The second-order valence-electron chi connectivity index (χ2n) is 6.43. The molecule has 7 heteroatoms. The average molecular weight is 426 g/mol. The van der Waals surface area contributed by atoms with Crippen molar-refractivity contribution in [3.05, 3.63) is 88.7 Å². The van der Waals surface area contributed by atoms with Crippen molar-refractivity contribution < 1.29 is 14.3 Å². The van der Waals surface area contributed by atoms with E-state index in [0.29, 0.717) is 23.9 Å². The lowest BCUT2D eigenvalue weighted by molar-refractivity contribution is 0.155. The zero-order valence-electron chi connectivity index (χ0n) is 16.9. The maximum absolute atomic E-state index is 11.9. The molecule has 0 spiro atoms. The predicted molar refractivity (Wildman–Crippen MR) is 120 cm³/mol. The Kier molecular flexibility index (Phi) is 7.40. The minimum absolute atomic E-state index is 0.306. The van der Waals surface area contributed by atoms with Gasteiger partial charge in [0.1, 0.15) is 5.75 Å². The van der Waals surface area contributed by atoms with Crippen molar-refractivity contribution in [2.24, 2.45) is 0 Å². The highest BCUT2D eigenvalue weighted by atomic mass is 35.5. The van der Waals surface area contributed by atoms with E-state index >= 15 is 0 Å². The van der Waals surface area contributed by atoms with Crippen LogP contribution < -0.4 is 15.5 Å². The Bertz CT molecular complexity index is 951. The molecule has 0 unspecified atom stereocenters. The van der Waals surface area contributed by atoms with Crippen molar-refractivity contribution in [2.45, 2.75) is 6.92 Å². The number of benzene rings is 2. The van der Waals surface area contributed by atoms with Crippen molar-refractivity contribution in [3.63, 3.8) is 0 Å². The third kappa shape index (κ3) is 6.06. The maximum Gasteiger partial charge on any atom is 0.411 e. The average Bonchev–Trinajstić information content (AvgIpc) is 2.75. The van der Waals surface area contributed by atoms with Gasteiger partial charge in [-0.05, 0) is 60.5 Å². The number of halogens is 1. The Labute approximate surface area is 181 Å². The standard InChI is InChI=1S/C23H24ClN3O3/c1-3-30-23(28)25-20-15-22(18-8-12-21(29-2)13-9-18)26-27(16-20)14-4-5-17-6-10-19(24)11-7-17/h4-13,15-16,26H,3,14H2,1-2H3,(H,25,28). The number of hydrogen-bond acceptors (Lipinski definition) is 5. The van der Waals surface area contributed by atoms with Crippen molar-refractivity contribution in [1.82, 2.24) is 15.8 Å². The molecule has 0 fully saturated rings. The normalized spacial score (nSPS) is 13.4. The van der Waals surface area contributed by atoms with E-state index in [-0.39, 0.29) is 0 Å². The Morgan fingerprint density at radius 1 is 1.17 bits per heavy atom. The highest BCUT2D eigenvalue weighted by Gasteiger charge is 2.14. The molecule has 0 bridgehead atoms. The number of allylic oxidation sites excluding steroid dienone is 1. The van der Waals surface area contributed by atoms with Crippen LogP contribution in [-0.4, -0.2) is 31.4 Å². The van der Waals surface area contributed by atoms with Gasteiger partial charge in [0.15, 0.2) is 0 Å². The quantitative estimate of drug-likeness (QED) is 0.666. The Balaban J connectivity index is 1.76. The summed E-state index contributed by atoms with van der Waals surface area (Å²) in [5.41, 5.74) is 6.82. The first-order chi connectivity index (χ1) is 14.6. The zero-order chi connectivity index (χ0) is 21.3. The lowest BCUT2D eigenvalue weighted by Gasteiger charge is -2.28. The van der Waals surface area contributed by atoms with Gasteiger partial charge in [-0.25, -0.2) is 4.79 Å². The second-order valence-corrected chi connectivity index (χ2v) is 6.87. The van der Waals surface area contributed by atoms with Crippen molar-refractivity contribution in [1.29, 1.82) is 0 Å². The van der Waals surface area contributed by atoms with Crippen LogP contribution in [0.2, 0.25) is 5.02 Å². The summed E-state index contributed by atoms with van der Waals surface area (Å²) in [5.74, 6) is 0.776. The number of hydrogen-bond donors (Lipinski definition) is 2. The third-order valence-corrected chi connectivity index (χ3v) is 4.52. The summed E-state index contributed by atoms with van der Waals surface area (Å²) < 4.78 is 10.2. The number of alkyl carbamates (subject to hydrolysis) is 1. The smallest absolute Gasteiger partial charge is 0.411 e. The molecule has 0 aliphatic carbocycles. The molecule has 0 radical (unpaired) electrons. The van der Waals surface area contributed by atoms with Crippen molar-refractivity contribution in [3.8, 4) is 5.75 Å². The molecule has 1 heterocycles. The highest BCUT2D eigenvalue weighted by Crippen LogP contribution is 2.21. The molecule has 156 valence electrons. The predicted octanol–water partition coefficient (Wildman–Crippen LogP) is 4.81. The first-order valence-electron chi connectivity index (χ1n) is 9.54. The number of carbonyl (C=O) groups excluding carboxylic acids is 1. The summed E-state index contributed by atoms with van der Waals surface area (Å²) in [7, 11) is 1.63. The van der Waals surface area contributed by atoms with E-state index in [2.05, 4.69) is 10.7 Å². The molecular weight excluding hydrogens is 402 g/mol. The number of carbonyl (C=O) groups is 1. The van der Waals surface area contributed by atoms with Gasteiger partial charge in [-0.15, -0.1) is 0 Å². The number of hydrazine groups is 1. The van der Waals surface area contributed by atoms with E-state index in [0.717, 1.165) is 22.6 Å². The molecule has 3 rings (SSSR count). The van der Waals surface area contributed by atoms with Crippen LogP contribution in [-0.2, 0) is 4.74 Å². The van der Waals surface area contributed by atoms with E-state index in [1.807, 2.05) is 78.0 Å². The summed E-state index contributed by atoms with van der Waals surface area (Å²) in [4.78, 5) is 11.9. The molecule has 1 aliphatic rings. The Morgan fingerprint density at radius 3 is 2.57 bits per heavy atom. The molecular formula is C23H24ClN3O3. The van der Waals surface area contributed by atoms with Crippen molar-refractivity contribution in [2.75, 3.05) is 20.3 Å². The van der Waals surface area contributed by atoms with Crippen LogP contribution in [0.3, 0.4) is 0 Å². The van der Waals surface area contributed by atoms with E-state index in [1.54, 1.807) is 14.0 Å². The summed E-state index contributed by atoms with van der Waals surface area (Å²) in [6.45, 7) is 2.65. The van der Waals surface area contributed by atoms with Crippen LogP contribution in [0, 0.1) is 0 Å². The fourth-order valence-corrected chi connectivity index (χ4v) is 2.95. The molecule has 0 saturated carbocycles. The van der Waals surface area contributed by atoms with Gasteiger partial charge in [-0.3, -0.25) is 15.8 Å². The van der Waals surface area contributed by atoms with E-state index in [1.165, 1.54) is 0 Å². The number of amides is 1. The fraction of sp³-hybridized carbons (Fsp3) is 0.174. The first kappa shape index (κ1) is 21.3. The van der Waals surface area contributed by atoms with Gasteiger partial charge < -0.3 is 9.47 Å². The first-order valence-corrected chi connectivity index (χ1v) is 9.92. The SMILES string of the molecule is CCOC(=O)NC1=CN(CC=Cc2ccc(Cl)cc2)NC(c2ccc(OC)cc2)=C1. The molecule has 0 atom stereocenters. The summed E-state index contributed by atoms with van der Waals surface area (Å²) >= 11 is 5.93. The van der Waals surface area contributed by atoms with Gasteiger partial charge >= 0.3 is 6.09 Å². The van der Waals surface area contributed by atoms with Crippen LogP contribution in [0.25, 0.3) is 11.8 Å². The van der Waals surface area contributed by atoms with E-state index in [4.69, 9.17) is 21.1 Å². The number of nitrogens with zero attached hydrogens (tertiary/aromatic N) is 1. The molecule has 1 aliphatic heterocycles. The van der Waals surface area contributed by atoms with Crippen LogP contribution in [0.4, 0.5) is 4.79 Å². The second kappa shape index (κ2) is 10.4. The van der Waals surface area contributed by atoms with Gasteiger partial charge in [0.25, 0.3) is 0 Å².